The van der Waals surface area contributed by atoms with Crippen molar-refractivity contribution in [1.82, 2.24) is 0 Å². The smallest absolute Gasteiger partial charge is 0.461 e. The highest BCUT2D eigenvalue weighted by Gasteiger charge is 2.52. The summed E-state index contributed by atoms with van der Waals surface area (Å²) in [5, 5.41) is 0. The Morgan fingerprint density at radius 1 is 0.893 bits per heavy atom. The van der Waals surface area contributed by atoms with Crippen LogP contribution >= 0.6 is 0 Å². The largest absolute Gasteiger partial charge is 0.493 e. The Kier molecular flexibility index (Phi) is 6.06. The van der Waals surface area contributed by atoms with Crippen molar-refractivity contribution < 1.29 is 18.8 Å². The van der Waals surface area contributed by atoms with Gasteiger partial charge in [-0.25, -0.2) is 0 Å². The highest BCUT2D eigenvalue weighted by molar-refractivity contribution is 6.47. The number of rotatable bonds is 7. The van der Waals surface area contributed by atoms with Crippen LogP contribution in [0.1, 0.15) is 45.7 Å². The van der Waals surface area contributed by atoms with E-state index < -0.39 is 0 Å². The molecule has 0 radical (unpaired) electrons. The second kappa shape index (κ2) is 8.18. The molecule has 3 rings (SSSR count). The molecular formula is C23H31BO4. The van der Waals surface area contributed by atoms with Crippen LogP contribution in [0.15, 0.2) is 48.5 Å². The van der Waals surface area contributed by atoms with Crippen LogP contribution in [0, 0.1) is 0 Å². The van der Waals surface area contributed by atoms with Crippen molar-refractivity contribution in [2.24, 2.45) is 0 Å². The van der Waals surface area contributed by atoms with Crippen LogP contribution in [0.25, 0.3) is 0 Å². The van der Waals surface area contributed by atoms with Crippen LogP contribution in [-0.2, 0) is 22.3 Å². The molecule has 1 atom stereocenters. The van der Waals surface area contributed by atoms with E-state index >= 15 is 0 Å². The summed E-state index contributed by atoms with van der Waals surface area (Å²) in [4.78, 5) is 0. The first kappa shape index (κ1) is 20.8. The molecular weight excluding hydrogens is 351 g/mol. The highest BCUT2D eigenvalue weighted by atomic mass is 16.7. The zero-order valence-corrected chi connectivity index (χ0v) is 17.8. The summed E-state index contributed by atoms with van der Waals surface area (Å²) in [5.74, 6) is 1.72. The minimum Gasteiger partial charge on any atom is -0.493 e. The predicted molar refractivity (Wildman–Crippen MR) is 113 cm³/mol. The zero-order valence-electron chi connectivity index (χ0n) is 17.8. The van der Waals surface area contributed by atoms with Crippen LogP contribution in [0.4, 0.5) is 0 Å². The maximum absolute atomic E-state index is 6.19. The summed E-state index contributed by atoms with van der Waals surface area (Å²) < 4.78 is 23.9. The molecule has 0 spiro atoms. The standard InChI is InChI=1S/C23H31BO4/c1-17(24-27-22(2,3)23(4,5)28-24)14-19-12-13-20(21(15-19)25-6)26-16-18-10-8-7-9-11-18/h7-13,15,17H,14,16H2,1-6H3. The summed E-state index contributed by atoms with van der Waals surface area (Å²) in [6.07, 6.45) is 0.839. The fourth-order valence-electron chi connectivity index (χ4n) is 3.28. The van der Waals surface area contributed by atoms with Crippen LogP contribution in [0.5, 0.6) is 11.5 Å². The third-order valence-electron chi connectivity index (χ3n) is 5.76. The number of hydrogen-bond donors (Lipinski definition) is 0. The van der Waals surface area contributed by atoms with Gasteiger partial charge < -0.3 is 18.8 Å². The monoisotopic (exact) mass is 382 g/mol. The average molecular weight is 382 g/mol. The van der Waals surface area contributed by atoms with E-state index in [4.69, 9.17) is 18.8 Å². The molecule has 0 saturated carbocycles. The van der Waals surface area contributed by atoms with E-state index in [0.29, 0.717) is 6.61 Å². The molecule has 28 heavy (non-hydrogen) atoms. The number of benzene rings is 2. The van der Waals surface area contributed by atoms with Gasteiger partial charge >= 0.3 is 7.12 Å². The normalized spacial score (nSPS) is 18.7. The Labute approximate surface area is 169 Å². The zero-order chi connectivity index (χ0) is 20.4. The minimum absolute atomic E-state index is 0.218. The second-order valence-electron chi connectivity index (χ2n) is 8.57. The Balaban J connectivity index is 1.65. The molecule has 1 aliphatic rings. The second-order valence-corrected chi connectivity index (χ2v) is 8.57. The van der Waals surface area contributed by atoms with Crippen molar-refractivity contribution in [2.75, 3.05) is 7.11 Å². The van der Waals surface area contributed by atoms with Gasteiger partial charge in [0.2, 0.25) is 0 Å². The molecule has 0 aromatic heterocycles. The molecule has 1 heterocycles. The van der Waals surface area contributed by atoms with Crippen molar-refractivity contribution in [1.29, 1.82) is 0 Å². The molecule has 1 saturated heterocycles. The van der Waals surface area contributed by atoms with Gasteiger partial charge in [0.25, 0.3) is 0 Å². The maximum atomic E-state index is 6.19. The summed E-state index contributed by atoms with van der Waals surface area (Å²) in [7, 11) is 1.46. The van der Waals surface area contributed by atoms with Gasteiger partial charge in [0.15, 0.2) is 11.5 Å². The van der Waals surface area contributed by atoms with E-state index in [1.165, 1.54) is 5.56 Å². The lowest BCUT2D eigenvalue weighted by atomic mass is 9.70. The van der Waals surface area contributed by atoms with E-state index in [2.05, 4.69) is 40.7 Å². The summed E-state index contributed by atoms with van der Waals surface area (Å²) in [6, 6.07) is 16.2. The van der Waals surface area contributed by atoms with E-state index in [1.807, 2.05) is 42.5 Å². The van der Waals surface area contributed by atoms with E-state index in [-0.39, 0.29) is 24.1 Å². The predicted octanol–water partition coefficient (Wildman–Crippen LogP) is 5.30. The van der Waals surface area contributed by atoms with Gasteiger partial charge in [-0.2, -0.15) is 0 Å². The van der Waals surface area contributed by atoms with Crippen LogP contribution < -0.4 is 9.47 Å². The first-order chi connectivity index (χ1) is 13.2. The molecule has 2 aromatic rings. The van der Waals surface area contributed by atoms with Gasteiger partial charge in [-0.1, -0.05) is 43.3 Å². The summed E-state index contributed by atoms with van der Waals surface area (Å²) >= 11 is 0. The molecule has 150 valence electrons. The fraction of sp³-hybridized carbons (Fsp3) is 0.478. The topological polar surface area (TPSA) is 36.9 Å². The van der Waals surface area contributed by atoms with Gasteiger partial charge in [0.05, 0.1) is 18.3 Å². The van der Waals surface area contributed by atoms with Gasteiger partial charge in [0.1, 0.15) is 6.61 Å². The van der Waals surface area contributed by atoms with E-state index in [1.54, 1.807) is 7.11 Å². The molecule has 0 aliphatic carbocycles. The molecule has 1 fully saturated rings. The van der Waals surface area contributed by atoms with Crippen molar-refractivity contribution in [2.45, 2.75) is 64.7 Å². The Morgan fingerprint density at radius 2 is 1.54 bits per heavy atom. The average Bonchev–Trinajstić information content (AvgIpc) is 2.89. The molecule has 1 aliphatic heterocycles. The molecule has 1 unspecified atom stereocenters. The van der Waals surface area contributed by atoms with Gasteiger partial charge in [-0.05, 0) is 63.2 Å². The lowest BCUT2D eigenvalue weighted by molar-refractivity contribution is 0.00578. The summed E-state index contributed by atoms with van der Waals surface area (Å²) in [5.41, 5.74) is 1.69. The lowest BCUT2D eigenvalue weighted by Gasteiger charge is -2.32. The molecule has 0 bridgehead atoms. The van der Waals surface area contributed by atoms with Crippen LogP contribution in [-0.4, -0.2) is 25.4 Å². The first-order valence-corrected chi connectivity index (χ1v) is 9.91. The minimum atomic E-state index is -0.307. The Morgan fingerprint density at radius 3 is 2.14 bits per heavy atom. The first-order valence-electron chi connectivity index (χ1n) is 9.91. The quantitative estimate of drug-likeness (QED) is 0.609. The number of methoxy groups -OCH3 is 1. The Bertz CT molecular complexity index is 772. The van der Waals surface area contributed by atoms with Gasteiger partial charge in [-0.15, -0.1) is 0 Å². The van der Waals surface area contributed by atoms with Gasteiger partial charge in [-0.3, -0.25) is 0 Å². The van der Waals surface area contributed by atoms with Crippen molar-refractivity contribution in [3.05, 3.63) is 59.7 Å². The molecule has 0 amide bonds. The van der Waals surface area contributed by atoms with Crippen LogP contribution in [0.3, 0.4) is 0 Å². The molecule has 5 heteroatoms. The van der Waals surface area contributed by atoms with Crippen LogP contribution in [0.2, 0.25) is 5.82 Å². The van der Waals surface area contributed by atoms with Crippen molar-refractivity contribution in [3.63, 3.8) is 0 Å². The third kappa shape index (κ3) is 4.53. The lowest BCUT2D eigenvalue weighted by Crippen LogP contribution is -2.41. The van der Waals surface area contributed by atoms with Gasteiger partial charge in [0, 0.05) is 0 Å². The number of ether oxygens (including phenoxy) is 2. The molecule has 2 aromatic carbocycles. The number of hydrogen-bond acceptors (Lipinski definition) is 4. The van der Waals surface area contributed by atoms with E-state index in [0.717, 1.165) is 23.5 Å². The summed E-state index contributed by atoms with van der Waals surface area (Å²) in [6.45, 7) is 11.0. The third-order valence-corrected chi connectivity index (χ3v) is 5.76. The van der Waals surface area contributed by atoms with Crippen molar-refractivity contribution in [3.8, 4) is 11.5 Å². The fourth-order valence-corrected chi connectivity index (χ4v) is 3.28. The van der Waals surface area contributed by atoms with Crippen molar-refractivity contribution >= 4 is 7.12 Å². The highest BCUT2D eigenvalue weighted by Crippen LogP contribution is 2.41. The van der Waals surface area contributed by atoms with E-state index in [9.17, 15) is 0 Å². The molecule has 4 nitrogen and oxygen atoms in total. The molecule has 0 N–H and O–H groups in total. The Hall–Kier alpha value is -1.98. The maximum Gasteiger partial charge on any atom is 0.461 e. The SMILES string of the molecule is COc1cc(CC(C)B2OC(C)(C)C(C)(C)O2)ccc1OCc1ccccc1.